The molecule has 0 spiro atoms. The Morgan fingerprint density at radius 1 is 1.09 bits per heavy atom. The summed E-state index contributed by atoms with van der Waals surface area (Å²) in [6.07, 6.45) is 4.86. The fourth-order valence-corrected chi connectivity index (χ4v) is 8.53. The van der Waals surface area contributed by atoms with Gasteiger partial charge in [-0.05, 0) is 106 Å². The van der Waals surface area contributed by atoms with Crippen LogP contribution < -0.4 is 0 Å². The number of hydrogen-bond acceptors (Lipinski definition) is 3. The molecule has 32 heavy (non-hydrogen) atoms. The average molecular weight is 453 g/mol. The standard InChI is InChI=1S/C25H35F3N2O2/c1-15(30-13-3-12-29-30)22(31)21-7-6-20-19-5-4-16-14-24(32,25(26,27)28)11-9-17(16)18(19)8-10-23(20,21)2/h3,12-13,15-21,32H,4-11,14H2,1-2H3/t15-,16+,17-,18+,19+,20-,21+,23-,24+/m0/s1. The van der Waals surface area contributed by atoms with Crippen LogP contribution in [0, 0.1) is 40.9 Å². The van der Waals surface area contributed by atoms with E-state index in [0.29, 0.717) is 30.1 Å². The van der Waals surface area contributed by atoms with Crippen molar-refractivity contribution in [1.82, 2.24) is 9.78 Å². The summed E-state index contributed by atoms with van der Waals surface area (Å²) >= 11 is 0. The molecule has 4 saturated carbocycles. The molecular weight excluding hydrogens is 417 g/mol. The molecule has 0 aromatic carbocycles. The zero-order chi connectivity index (χ0) is 22.9. The third-order valence-electron chi connectivity index (χ3n) is 10.2. The zero-order valence-corrected chi connectivity index (χ0v) is 19.0. The van der Waals surface area contributed by atoms with Gasteiger partial charge in [0.1, 0.15) is 6.04 Å². The normalized spacial score (nSPS) is 44.9. The van der Waals surface area contributed by atoms with Crippen molar-refractivity contribution in [1.29, 1.82) is 0 Å². The van der Waals surface area contributed by atoms with E-state index >= 15 is 0 Å². The molecule has 0 saturated heterocycles. The molecule has 0 bridgehead atoms. The Hall–Kier alpha value is -1.37. The predicted octanol–water partition coefficient (Wildman–Crippen LogP) is 5.58. The molecule has 4 aliphatic rings. The van der Waals surface area contributed by atoms with Crippen LogP contribution in [0.5, 0.6) is 0 Å². The third kappa shape index (κ3) is 3.28. The van der Waals surface area contributed by atoms with Gasteiger partial charge in [0.15, 0.2) is 11.4 Å². The van der Waals surface area contributed by atoms with Crippen molar-refractivity contribution in [2.24, 2.45) is 40.9 Å². The van der Waals surface area contributed by atoms with Gasteiger partial charge in [-0.2, -0.15) is 18.3 Å². The van der Waals surface area contributed by atoms with Gasteiger partial charge in [0.05, 0.1) is 0 Å². The van der Waals surface area contributed by atoms with E-state index in [1.807, 2.05) is 19.2 Å². The monoisotopic (exact) mass is 452 g/mol. The number of alkyl halides is 3. The van der Waals surface area contributed by atoms with Gasteiger partial charge < -0.3 is 5.11 Å². The van der Waals surface area contributed by atoms with E-state index in [-0.39, 0.29) is 41.9 Å². The number of hydrogen-bond donors (Lipinski definition) is 1. The van der Waals surface area contributed by atoms with E-state index in [2.05, 4.69) is 12.0 Å². The van der Waals surface area contributed by atoms with Crippen LogP contribution in [0.3, 0.4) is 0 Å². The lowest BCUT2D eigenvalue weighted by Gasteiger charge is -2.57. The Kier molecular flexibility index (Phi) is 5.31. The van der Waals surface area contributed by atoms with Gasteiger partial charge >= 0.3 is 6.18 Å². The molecule has 1 N–H and O–H groups in total. The Balaban J connectivity index is 1.32. The smallest absolute Gasteiger partial charge is 0.380 e. The number of aliphatic hydroxyl groups is 1. The molecule has 5 rings (SSSR count). The number of aromatic nitrogens is 2. The zero-order valence-electron chi connectivity index (χ0n) is 19.0. The van der Waals surface area contributed by atoms with Crippen molar-refractivity contribution in [3.8, 4) is 0 Å². The van der Waals surface area contributed by atoms with Crippen LogP contribution in [0.25, 0.3) is 0 Å². The lowest BCUT2D eigenvalue weighted by atomic mass is 9.48. The molecular formula is C25H35F3N2O2. The van der Waals surface area contributed by atoms with E-state index in [0.717, 1.165) is 38.5 Å². The number of Topliss-reactive ketones (excluding diaryl/α,β-unsaturated/α-hetero) is 1. The van der Waals surface area contributed by atoms with Gasteiger partial charge in [-0.3, -0.25) is 9.48 Å². The molecule has 9 atom stereocenters. The number of halogens is 3. The van der Waals surface area contributed by atoms with E-state index < -0.39 is 11.8 Å². The van der Waals surface area contributed by atoms with Crippen molar-refractivity contribution >= 4 is 5.78 Å². The number of nitrogens with zero attached hydrogens (tertiary/aromatic N) is 2. The average Bonchev–Trinajstić information content (AvgIpc) is 3.39. The van der Waals surface area contributed by atoms with Crippen LogP contribution >= 0.6 is 0 Å². The highest BCUT2D eigenvalue weighted by Crippen LogP contribution is 2.65. The first-order valence-corrected chi connectivity index (χ1v) is 12.4. The summed E-state index contributed by atoms with van der Waals surface area (Å²) < 4.78 is 42.1. The summed E-state index contributed by atoms with van der Waals surface area (Å²) in [5.74, 6) is 2.00. The molecule has 7 heteroatoms. The Labute approximate surface area is 187 Å². The second kappa shape index (κ2) is 7.57. The minimum atomic E-state index is -4.54. The Bertz CT molecular complexity index is 856. The molecule has 0 amide bonds. The van der Waals surface area contributed by atoms with E-state index in [1.54, 1.807) is 10.9 Å². The number of carbonyl (C=O) groups excluding carboxylic acids is 1. The fraction of sp³-hybridized carbons (Fsp3) is 0.840. The van der Waals surface area contributed by atoms with Crippen molar-refractivity contribution in [3.05, 3.63) is 18.5 Å². The molecule has 1 heterocycles. The fourth-order valence-electron chi connectivity index (χ4n) is 8.53. The van der Waals surface area contributed by atoms with Crippen LogP contribution in [0.1, 0.15) is 77.7 Å². The summed E-state index contributed by atoms with van der Waals surface area (Å²) in [5.41, 5.74) is -2.52. The maximum atomic E-state index is 13.5. The van der Waals surface area contributed by atoms with Crippen molar-refractivity contribution in [2.75, 3.05) is 0 Å². The molecule has 0 radical (unpaired) electrons. The number of rotatable bonds is 3. The number of fused-ring (bicyclic) bond motifs is 5. The minimum absolute atomic E-state index is 0.0200. The maximum Gasteiger partial charge on any atom is 0.417 e. The summed E-state index contributed by atoms with van der Waals surface area (Å²) in [6, 6.07) is 1.58. The van der Waals surface area contributed by atoms with Crippen LogP contribution in [0.15, 0.2) is 18.5 Å². The van der Waals surface area contributed by atoms with Crippen LogP contribution in [-0.4, -0.2) is 32.4 Å². The topological polar surface area (TPSA) is 55.1 Å². The molecule has 4 nitrogen and oxygen atoms in total. The highest BCUT2D eigenvalue weighted by Gasteiger charge is 2.62. The quantitative estimate of drug-likeness (QED) is 0.652. The highest BCUT2D eigenvalue weighted by atomic mass is 19.4. The van der Waals surface area contributed by atoms with Gasteiger partial charge in [0, 0.05) is 18.3 Å². The van der Waals surface area contributed by atoms with Gasteiger partial charge in [-0.1, -0.05) is 6.92 Å². The number of ketones is 1. The predicted molar refractivity (Wildman–Crippen MR) is 114 cm³/mol. The Morgan fingerprint density at radius 2 is 1.84 bits per heavy atom. The van der Waals surface area contributed by atoms with Crippen LogP contribution in [0.4, 0.5) is 13.2 Å². The molecule has 4 aliphatic carbocycles. The molecule has 178 valence electrons. The largest absolute Gasteiger partial charge is 0.417 e. The summed E-state index contributed by atoms with van der Waals surface area (Å²) in [4.78, 5) is 13.5. The first-order valence-electron chi connectivity index (χ1n) is 12.4. The van der Waals surface area contributed by atoms with Crippen LogP contribution in [0.2, 0.25) is 0 Å². The Morgan fingerprint density at radius 3 is 2.53 bits per heavy atom. The van der Waals surface area contributed by atoms with Crippen molar-refractivity contribution in [2.45, 2.75) is 89.5 Å². The van der Waals surface area contributed by atoms with Crippen molar-refractivity contribution in [3.63, 3.8) is 0 Å². The van der Waals surface area contributed by atoms with Crippen molar-refractivity contribution < 1.29 is 23.1 Å². The van der Waals surface area contributed by atoms with Gasteiger partial charge in [0.2, 0.25) is 0 Å². The lowest BCUT2D eigenvalue weighted by molar-refractivity contribution is -0.282. The molecule has 0 aliphatic heterocycles. The minimum Gasteiger partial charge on any atom is -0.380 e. The molecule has 1 aromatic heterocycles. The molecule has 0 unspecified atom stereocenters. The first-order chi connectivity index (χ1) is 15.1. The lowest BCUT2D eigenvalue weighted by Crippen LogP contribution is -2.55. The van der Waals surface area contributed by atoms with E-state index in [1.165, 1.54) is 0 Å². The van der Waals surface area contributed by atoms with Gasteiger partial charge in [0.25, 0.3) is 0 Å². The van der Waals surface area contributed by atoms with Crippen LogP contribution in [-0.2, 0) is 4.79 Å². The summed E-state index contributed by atoms with van der Waals surface area (Å²) in [7, 11) is 0. The highest BCUT2D eigenvalue weighted by molar-refractivity contribution is 5.85. The molecule has 1 aromatic rings. The van der Waals surface area contributed by atoms with Gasteiger partial charge in [-0.15, -0.1) is 0 Å². The number of carbonyl (C=O) groups is 1. The second-order valence-electron chi connectivity index (χ2n) is 11.4. The maximum absolute atomic E-state index is 13.5. The van der Waals surface area contributed by atoms with Gasteiger partial charge in [-0.25, -0.2) is 0 Å². The first kappa shape index (κ1) is 22.4. The third-order valence-corrected chi connectivity index (χ3v) is 10.2. The SMILES string of the molecule is C[C@@H](C(=O)[C@H]1CC[C@H]2[C@@H]3CC[C@@H]4C[C@@](O)(C(F)(F)F)CC[C@@H]4[C@H]3CC[C@]12C)n1cccn1. The van der Waals surface area contributed by atoms with E-state index in [9.17, 15) is 23.1 Å². The summed E-state index contributed by atoms with van der Waals surface area (Å²) in [5, 5.41) is 14.6. The molecule has 4 fully saturated rings. The van der Waals surface area contributed by atoms with E-state index in [4.69, 9.17) is 0 Å². The summed E-state index contributed by atoms with van der Waals surface area (Å²) in [6.45, 7) is 4.24. The second-order valence-corrected chi connectivity index (χ2v) is 11.4.